The summed E-state index contributed by atoms with van der Waals surface area (Å²) < 4.78 is 0. The molecule has 2 rings (SSSR count). The van der Waals surface area contributed by atoms with Gasteiger partial charge in [0, 0.05) is 18.7 Å². The normalized spacial score (nSPS) is 24.4. The van der Waals surface area contributed by atoms with Gasteiger partial charge in [0.2, 0.25) is 0 Å². The van der Waals surface area contributed by atoms with Gasteiger partial charge in [-0.15, -0.1) is 0 Å². The van der Waals surface area contributed by atoms with Crippen LogP contribution in [0.2, 0.25) is 0 Å². The molecule has 2 unspecified atom stereocenters. The Hall–Kier alpha value is -1.31. The van der Waals surface area contributed by atoms with Gasteiger partial charge in [0.05, 0.1) is 0 Å². The van der Waals surface area contributed by atoms with Crippen molar-refractivity contribution in [3.05, 3.63) is 35.9 Å². The van der Waals surface area contributed by atoms with Gasteiger partial charge in [0.25, 0.3) is 0 Å². The molecule has 92 valence electrons. The maximum Gasteiger partial charge on any atom is 0.128 e. The third kappa shape index (κ3) is 2.68. The topological polar surface area (TPSA) is 27.1 Å². The molecule has 17 heavy (non-hydrogen) atoms. The minimum absolute atomic E-state index is 0.538. The lowest BCUT2D eigenvalue weighted by molar-refractivity contribution is 0.205. The van der Waals surface area contributed by atoms with Gasteiger partial charge in [0.15, 0.2) is 0 Å². The molecule has 1 fully saturated rings. The molecule has 1 aromatic rings. The summed E-state index contributed by atoms with van der Waals surface area (Å²) in [6, 6.07) is 10.6. The smallest absolute Gasteiger partial charge is 0.128 e. The summed E-state index contributed by atoms with van der Waals surface area (Å²) in [5.41, 5.74) is 1.02. The fourth-order valence-corrected chi connectivity index (χ4v) is 2.84. The van der Waals surface area contributed by atoms with Crippen LogP contribution in [0.15, 0.2) is 30.3 Å². The van der Waals surface area contributed by atoms with Gasteiger partial charge >= 0.3 is 0 Å². The Morgan fingerprint density at radius 1 is 1.18 bits per heavy atom. The van der Waals surface area contributed by atoms with Gasteiger partial charge in [0.1, 0.15) is 5.84 Å². The molecule has 1 saturated carbocycles. The van der Waals surface area contributed by atoms with Crippen LogP contribution in [0.5, 0.6) is 0 Å². The number of hydrogen-bond acceptors (Lipinski definition) is 1. The predicted octanol–water partition coefficient (Wildman–Crippen LogP) is 3.52. The zero-order chi connectivity index (χ0) is 12.3. The lowest BCUT2D eigenvalue weighted by atomic mass is 9.85. The van der Waals surface area contributed by atoms with Crippen molar-refractivity contribution in [1.29, 1.82) is 5.41 Å². The van der Waals surface area contributed by atoms with E-state index in [1.54, 1.807) is 0 Å². The zero-order valence-corrected chi connectivity index (χ0v) is 10.8. The highest BCUT2D eigenvalue weighted by Crippen LogP contribution is 2.28. The van der Waals surface area contributed by atoms with Crippen molar-refractivity contribution in [2.75, 3.05) is 7.05 Å². The van der Waals surface area contributed by atoms with E-state index in [-0.39, 0.29) is 0 Å². The van der Waals surface area contributed by atoms with E-state index in [1.807, 2.05) is 30.3 Å². The third-order valence-electron chi connectivity index (χ3n) is 3.96. The Labute approximate surface area is 104 Å². The average molecular weight is 230 g/mol. The van der Waals surface area contributed by atoms with Gasteiger partial charge in [-0.2, -0.15) is 0 Å². The molecule has 0 saturated heterocycles. The SMILES string of the molecule is CC1CCCCC1N(C)C(=N)c1ccccc1. The molecule has 0 spiro atoms. The first-order valence-electron chi connectivity index (χ1n) is 6.57. The molecule has 0 aliphatic heterocycles. The second kappa shape index (κ2) is 5.35. The number of benzene rings is 1. The van der Waals surface area contributed by atoms with E-state index in [9.17, 15) is 0 Å². The van der Waals surface area contributed by atoms with Crippen LogP contribution in [0.1, 0.15) is 38.2 Å². The molecule has 2 heteroatoms. The number of rotatable bonds is 2. The minimum Gasteiger partial charge on any atom is -0.356 e. The predicted molar refractivity (Wildman–Crippen MR) is 72.5 cm³/mol. The molecule has 2 nitrogen and oxygen atoms in total. The molecule has 1 aromatic carbocycles. The summed E-state index contributed by atoms with van der Waals surface area (Å²) in [6.07, 6.45) is 5.19. The molecular weight excluding hydrogens is 208 g/mol. The summed E-state index contributed by atoms with van der Waals surface area (Å²) >= 11 is 0. The lowest BCUT2D eigenvalue weighted by Crippen LogP contribution is -2.42. The number of nitrogens with zero attached hydrogens (tertiary/aromatic N) is 1. The van der Waals surface area contributed by atoms with E-state index in [0.717, 1.165) is 5.56 Å². The Morgan fingerprint density at radius 3 is 2.47 bits per heavy atom. The zero-order valence-electron chi connectivity index (χ0n) is 10.8. The maximum atomic E-state index is 8.29. The summed E-state index contributed by atoms with van der Waals surface area (Å²) in [7, 11) is 2.07. The molecule has 1 aliphatic carbocycles. The van der Waals surface area contributed by atoms with Crippen molar-refractivity contribution in [3.8, 4) is 0 Å². The second-order valence-electron chi connectivity index (χ2n) is 5.15. The van der Waals surface area contributed by atoms with Crippen LogP contribution in [0, 0.1) is 11.3 Å². The highest BCUT2D eigenvalue weighted by molar-refractivity contribution is 5.96. The first-order valence-corrected chi connectivity index (χ1v) is 6.57. The van der Waals surface area contributed by atoms with Gasteiger partial charge in [-0.25, -0.2) is 0 Å². The van der Waals surface area contributed by atoms with Crippen molar-refractivity contribution in [2.24, 2.45) is 5.92 Å². The highest BCUT2D eigenvalue weighted by atomic mass is 15.2. The summed E-state index contributed by atoms with van der Waals surface area (Å²) in [5, 5.41) is 8.29. The molecule has 0 radical (unpaired) electrons. The van der Waals surface area contributed by atoms with E-state index in [4.69, 9.17) is 5.41 Å². The van der Waals surface area contributed by atoms with E-state index >= 15 is 0 Å². The molecule has 0 bridgehead atoms. The second-order valence-corrected chi connectivity index (χ2v) is 5.15. The molecule has 0 aromatic heterocycles. The maximum absolute atomic E-state index is 8.29. The number of nitrogens with one attached hydrogen (secondary N) is 1. The molecule has 1 aliphatic rings. The van der Waals surface area contributed by atoms with Crippen LogP contribution >= 0.6 is 0 Å². The van der Waals surface area contributed by atoms with Gasteiger partial charge in [-0.1, -0.05) is 50.1 Å². The first-order chi connectivity index (χ1) is 8.20. The average Bonchev–Trinajstić information content (AvgIpc) is 2.39. The van der Waals surface area contributed by atoms with Crippen LogP contribution in [0.4, 0.5) is 0 Å². The first kappa shape index (κ1) is 12.2. The molecule has 0 heterocycles. The van der Waals surface area contributed by atoms with Crippen LogP contribution < -0.4 is 0 Å². The summed E-state index contributed by atoms with van der Waals surface area (Å²) in [5.74, 6) is 1.36. The lowest BCUT2D eigenvalue weighted by Gasteiger charge is -2.37. The van der Waals surface area contributed by atoms with Gasteiger partial charge in [-0.05, 0) is 18.8 Å². The third-order valence-corrected chi connectivity index (χ3v) is 3.96. The van der Waals surface area contributed by atoms with Gasteiger partial charge in [-0.3, -0.25) is 5.41 Å². The quantitative estimate of drug-likeness (QED) is 0.611. The monoisotopic (exact) mass is 230 g/mol. The summed E-state index contributed by atoms with van der Waals surface area (Å²) in [6.45, 7) is 2.32. The van der Waals surface area contributed by atoms with E-state index in [2.05, 4.69) is 18.9 Å². The fourth-order valence-electron chi connectivity index (χ4n) is 2.84. The molecule has 1 N–H and O–H groups in total. The van der Waals surface area contributed by atoms with E-state index in [0.29, 0.717) is 17.8 Å². The van der Waals surface area contributed by atoms with Crippen molar-refractivity contribution >= 4 is 5.84 Å². The minimum atomic E-state index is 0.538. The van der Waals surface area contributed by atoms with Crippen LogP contribution in [0.3, 0.4) is 0 Å². The van der Waals surface area contributed by atoms with Crippen LogP contribution in [0.25, 0.3) is 0 Å². The number of hydrogen-bond donors (Lipinski definition) is 1. The standard InChI is InChI=1S/C15H22N2/c1-12-8-6-7-11-14(12)17(2)15(16)13-9-4-3-5-10-13/h3-5,9-10,12,14,16H,6-8,11H2,1-2H3. The van der Waals surface area contributed by atoms with Crippen LogP contribution in [-0.4, -0.2) is 23.8 Å². The van der Waals surface area contributed by atoms with Gasteiger partial charge < -0.3 is 4.90 Å². The van der Waals surface area contributed by atoms with Crippen molar-refractivity contribution in [3.63, 3.8) is 0 Å². The Bertz CT molecular complexity index is 372. The number of amidine groups is 1. The van der Waals surface area contributed by atoms with Crippen molar-refractivity contribution in [2.45, 2.75) is 38.6 Å². The van der Waals surface area contributed by atoms with Crippen molar-refractivity contribution in [1.82, 2.24) is 4.90 Å². The molecule has 2 atom stereocenters. The Balaban J connectivity index is 2.09. The van der Waals surface area contributed by atoms with Crippen LogP contribution in [-0.2, 0) is 0 Å². The largest absolute Gasteiger partial charge is 0.356 e. The highest BCUT2D eigenvalue weighted by Gasteiger charge is 2.26. The molecular formula is C15H22N2. The van der Waals surface area contributed by atoms with E-state index < -0.39 is 0 Å². The Kier molecular flexibility index (Phi) is 3.82. The summed E-state index contributed by atoms with van der Waals surface area (Å²) in [4.78, 5) is 2.17. The van der Waals surface area contributed by atoms with E-state index in [1.165, 1.54) is 25.7 Å². The Morgan fingerprint density at radius 2 is 1.82 bits per heavy atom. The van der Waals surface area contributed by atoms with Crippen molar-refractivity contribution < 1.29 is 0 Å². The molecule has 0 amide bonds. The fraction of sp³-hybridized carbons (Fsp3) is 0.533.